The fourth-order valence-electron chi connectivity index (χ4n) is 1.88. The topological polar surface area (TPSA) is 35.2 Å². The molecule has 0 heterocycles. The second-order valence-electron chi connectivity index (χ2n) is 4.30. The minimum Gasteiger partial charge on any atom is -0.497 e. The van der Waals surface area contributed by atoms with E-state index in [0.29, 0.717) is 0 Å². The first kappa shape index (κ1) is 12.2. The van der Waals surface area contributed by atoms with Crippen molar-refractivity contribution in [2.24, 2.45) is 0 Å². The van der Waals surface area contributed by atoms with E-state index in [-0.39, 0.29) is 0 Å². The van der Waals surface area contributed by atoms with Crippen LogP contribution >= 0.6 is 0 Å². The molecule has 0 aliphatic carbocycles. The Morgan fingerprint density at radius 2 is 1.78 bits per heavy atom. The Morgan fingerprint density at radius 1 is 1.11 bits per heavy atom. The Labute approximate surface area is 108 Å². The summed E-state index contributed by atoms with van der Waals surface area (Å²) in [6, 6.07) is 13.8. The molecule has 0 unspecified atom stereocenters. The molecule has 2 nitrogen and oxygen atoms in total. The number of aryl methyl sites for hydroxylation is 1. The summed E-state index contributed by atoms with van der Waals surface area (Å²) in [4.78, 5) is 0. The van der Waals surface area contributed by atoms with Gasteiger partial charge in [-0.15, -0.1) is 0 Å². The normalized spacial score (nSPS) is 10.1. The minimum atomic E-state index is 0.751. The van der Waals surface area contributed by atoms with E-state index < -0.39 is 0 Å². The summed E-state index contributed by atoms with van der Waals surface area (Å²) in [5.74, 6) is 0.837. The van der Waals surface area contributed by atoms with Gasteiger partial charge in [0.1, 0.15) is 5.75 Å². The smallest absolute Gasteiger partial charge is 0.118 e. The Bertz CT molecular complexity index is 570. The van der Waals surface area contributed by atoms with Crippen molar-refractivity contribution >= 4 is 11.3 Å². The predicted octanol–water partition coefficient (Wildman–Crippen LogP) is 3.65. The Balaban J connectivity index is 2.38. The summed E-state index contributed by atoms with van der Waals surface area (Å²) in [7, 11) is 1.66. The van der Waals surface area contributed by atoms with E-state index in [9.17, 15) is 0 Å². The van der Waals surface area contributed by atoms with E-state index in [0.717, 1.165) is 28.1 Å². The molecule has 0 radical (unpaired) electrons. The highest BCUT2D eigenvalue weighted by Crippen LogP contribution is 2.28. The molecule has 2 N–H and O–H groups in total. The van der Waals surface area contributed by atoms with Gasteiger partial charge in [-0.1, -0.05) is 30.3 Å². The fraction of sp³-hybridized carbons (Fsp3) is 0.125. The van der Waals surface area contributed by atoms with Gasteiger partial charge in [0.05, 0.1) is 7.11 Å². The summed E-state index contributed by atoms with van der Waals surface area (Å²) in [5.41, 5.74) is 10.9. The molecule has 0 aliphatic rings. The van der Waals surface area contributed by atoms with Gasteiger partial charge in [-0.2, -0.15) is 0 Å². The molecular weight excluding hydrogens is 222 g/mol. The molecular formula is C16H17NO. The molecule has 0 atom stereocenters. The minimum absolute atomic E-state index is 0.751. The molecule has 0 fully saturated rings. The lowest BCUT2D eigenvalue weighted by atomic mass is 9.97. The molecule has 2 heteroatoms. The zero-order valence-corrected chi connectivity index (χ0v) is 10.7. The molecule has 92 valence electrons. The fourth-order valence-corrected chi connectivity index (χ4v) is 1.88. The number of hydrogen-bond donors (Lipinski definition) is 1. The molecule has 2 rings (SSSR count). The van der Waals surface area contributed by atoms with E-state index in [4.69, 9.17) is 10.5 Å². The van der Waals surface area contributed by atoms with Crippen molar-refractivity contribution in [2.75, 3.05) is 12.8 Å². The maximum Gasteiger partial charge on any atom is 0.118 e. The summed E-state index contributed by atoms with van der Waals surface area (Å²) >= 11 is 0. The van der Waals surface area contributed by atoms with Gasteiger partial charge in [0.15, 0.2) is 0 Å². The first-order chi connectivity index (χ1) is 8.61. The summed E-state index contributed by atoms with van der Waals surface area (Å²) in [6.45, 7) is 6.18. The van der Waals surface area contributed by atoms with Crippen molar-refractivity contribution in [1.82, 2.24) is 0 Å². The first-order valence-corrected chi connectivity index (χ1v) is 5.81. The van der Waals surface area contributed by atoms with Crippen molar-refractivity contribution in [3.05, 3.63) is 65.7 Å². The van der Waals surface area contributed by atoms with E-state index in [1.807, 2.05) is 43.3 Å². The van der Waals surface area contributed by atoms with Gasteiger partial charge >= 0.3 is 0 Å². The van der Waals surface area contributed by atoms with Crippen molar-refractivity contribution in [3.8, 4) is 5.75 Å². The molecule has 0 saturated carbocycles. The first-order valence-electron chi connectivity index (χ1n) is 5.81. The highest BCUT2D eigenvalue weighted by molar-refractivity contribution is 5.84. The van der Waals surface area contributed by atoms with E-state index in [1.54, 1.807) is 7.11 Å². The standard InChI is InChI=1S/C16H17NO/c1-11-4-9-16(17)15(10-11)12(2)13-5-7-14(18-3)8-6-13/h4-10H,2,17H2,1,3H3. The number of rotatable bonds is 3. The molecule has 0 bridgehead atoms. The average Bonchev–Trinajstić information content (AvgIpc) is 2.41. The van der Waals surface area contributed by atoms with Crippen LogP contribution in [0.4, 0.5) is 5.69 Å². The molecule has 2 aromatic rings. The lowest BCUT2D eigenvalue weighted by Crippen LogP contribution is -1.95. The van der Waals surface area contributed by atoms with Gasteiger partial charge in [0.2, 0.25) is 0 Å². The largest absolute Gasteiger partial charge is 0.497 e. The molecule has 2 aromatic carbocycles. The predicted molar refractivity (Wildman–Crippen MR) is 76.7 cm³/mol. The van der Waals surface area contributed by atoms with Gasteiger partial charge in [-0.25, -0.2) is 0 Å². The Kier molecular flexibility index (Phi) is 3.38. The third kappa shape index (κ3) is 2.38. The van der Waals surface area contributed by atoms with Crippen molar-refractivity contribution in [2.45, 2.75) is 6.92 Å². The van der Waals surface area contributed by atoms with Gasteiger partial charge in [0.25, 0.3) is 0 Å². The molecule has 18 heavy (non-hydrogen) atoms. The number of nitrogen functional groups attached to an aromatic ring is 1. The number of methoxy groups -OCH3 is 1. The number of ether oxygens (including phenoxy) is 1. The van der Waals surface area contributed by atoms with Crippen LogP contribution in [0, 0.1) is 6.92 Å². The van der Waals surface area contributed by atoms with E-state index in [2.05, 4.69) is 12.6 Å². The van der Waals surface area contributed by atoms with E-state index in [1.165, 1.54) is 5.56 Å². The second-order valence-corrected chi connectivity index (χ2v) is 4.30. The summed E-state index contributed by atoms with van der Waals surface area (Å²) in [6.07, 6.45) is 0. The van der Waals surface area contributed by atoms with Crippen molar-refractivity contribution in [1.29, 1.82) is 0 Å². The quantitative estimate of drug-likeness (QED) is 0.830. The summed E-state index contributed by atoms with van der Waals surface area (Å²) in [5, 5.41) is 0. The van der Waals surface area contributed by atoms with Crippen LogP contribution in [0.15, 0.2) is 49.0 Å². The molecule has 0 spiro atoms. The third-order valence-corrected chi connectivity index (χ3v) is 2.97. The van der Waals surface area contributed by atoms with Crippen LogP contribution in [0.2, 0.25) is 0 Å². The second kappa shape index (κ2) is 4.96. The van der Waals surface area contributed by atoms with Crippen LogP contribution in [0.1, 0.15) is 16.7 Å². The van der Waals surface area contributed by atoms with Crippen LogP contribution < -0.4 is 10.5 Å². The van der Waals surface area contributed by atoms with Crippen LogP contribution in [-0.2, 0) is 0 Å². The van der Waals surface area contributed by atoms with Gasteiger partial charge in [-0.05, 0) is 42.3 Å². The van der Waals surface area contributed by atoms with Crippen molar-refractivity contribution in [3.63, 3.8) is 0 Å². The van der Waals surface area contributed by atoms with Gasteiger partial charge < -0.3 is 10.5 Å². The van der Waals surface area contributed by atoms with Crippen LogP contribution in [0.5, 0.6) is 5.75 Å². The Morgan fingerprint density at radius 3 is 2.39 bits per heavy atom. The lowest BCUT2D eigenvalue weighted by Gasteiger charge is -2.11. The maximum absolute atomic E-state index is 6.00. The average molecular weight is 239 g/mol. The highest BCUT2D eigenvalue weighted by atomic mass is 16.5. The number of hydrogen-bond acceptors (Lipinski definition) is 2. The molecule has 0 aliphatic heterocycles. The van der Waals surface area contributed by atoms with Gasteiger partial charge in [-0.3, -0.25) is 0 Å². The van der Waals surface area contributed by atoms with Crippen LogP contribution in [0.25, 0.3) is 5.57 Å². The maximum atomic E-state index is 6.00. The molecule has 0 saturated heterocycles. The van der Waals surface area contributed by atoms with Gasteiger partial charge in [0, 0.05) is 11.3 Å². The van der Waals surface area contributed by atoms with E-state index >= 15 is 0 Å². The number of nitrogens with two attached hydrogens (primary N) is 1. The van der Waals surface area contributed by atoms with Crippen molar-refractivity contribution < 1.29 is 4.74 Å². The zero-order chi connectivity index (χ0) is 13.1. The molecule has 0 amide bonds. The Hall–Kier alpha value is -2.22. The lowest BCUT2D eigenvalue weighted by molar-refractivity contribution is 0.415. The third-order valence-electron chi connectivity index (χ3n) is 2.97. The molecule has 0 aromatic heterocycles. The zero-order valence-electron chi connectivity index (χ0n) is 10.7. The number of anilines is 1. The van der Waals surface area contributed by atoms with Crippen LogP contribution in [-0.4, -0.2) is 7.11 Å². The SMILES string of the molecule is C=C(c1ccc(OC)cc1)c1cc(C)ccc1N. The number of benzene rings is 2. The monoisotopic (exact) mass is 239 g/mol. The highest BCUT2D eigenvalue weighted by Gasteiger charge is 2.06. The van der Waals surface area contributed by atoms with Crippen LogP contribution in [0.3, 0.4) is 0 Å². The summed E-state index contributed by atoms with van der Waals surface area (Å²) < 4.78 is 5.14.